The molecule has 4 rings (SSSR count). The van der Waals surface area contributed by atoms with Crippen molar-refractivity contribution in [2.45, 2.75) is 13.0 Å². The zero-order valence-electron chi connectivity index (χ0n) is 14.0. The van der Waals surface area contributed by atoms with Crippen molar-refractivity contribution in [1.82, 2.24) is 25.2 Å². The Morgan fingerprint density at radius 2 is 2.00 bits per heavy atom. The molecule has 1 N–H and O–H groups in total. The SMILES string of the molecule is Fc1cccc2cc(-c3cnc(CN4CCCNCC4)cn3)cnc12. The van der Waals surface area contributed by atoms with Crippen molar-refractivity contribution in [2.24, 2.45) is 0 Å². The van der Waals surface area contributed by atoms with Crippen LogP contribution < -0.4 is 5.32 Å². The highest BCUT2D eigenvalue weighted by Gasteiger charge is 2.11. The summed E-state index contributed by atoms with van der Waals surface area (Å²) in [5.74, 6) is -0.308. The number of halogens is 1. The summed E-state index contributed by atoms with van der Waals surface area (Å²) in [6.45, 7) is 5.03. The molecule has 0 unspecified atom stereocenters. The van der Waals surface area contributed by atoms with Crippen LogP contribution in [-0.4, -0.2) is 46.0 Å². The smallest absolute Gasteiger partial charge is 0.149 e. The number of nitrogens with zero attached hydrogens (tertiary/aromatic N) is 4. The van der Waals surface area contributed by atoms with Crippen LogP contribution in [0.5, 0.6) is 0 Å². The molecular formula is C19H20FN5. The Hall–Kier alpha value is -2.44. The van der Waals surface area contributed by atoms with Crippen LogP contribution >= 0.6 is 0 Å². The van der Waals surface area contributed by atoms with Gasteiger partial charge in [-0.15, -0.1) is 0 Å². The molecule has 2 aromatic heterocycles. The van der Waals surface area contributed by atoms with Crippen LogP contribution in [0.3, 0.4) is 0 Å². The van der Waals surface area contributed by atoms with Crippen molar-refractivity contribution < 1.29 is 4.39 Å². The maximum atomic E-state index is 13.7. The van der Waals surface area contributed by atoms with Gasteiger partial charge in [-0.1, -0.05) is 12.1 Å². The Morgan fingerprint density at radius 1 is 1.04 bits per heavy atom. The van der Waals surface area contributed by atoms with E-state index in [9.17, 15) is 4.39 Å². The first kappa shape index (κ1) is 16.1. The summed E-state index contributed by atoms with van der Waals surface area (Å²) in [7, 11) is 0. The highest BCUT2D eigenvalue weighted by Crippen LogP contribution is 2.22. The van der Waals surface area contributed by atoms with E-state index in [-0.39, 0.29) is 5.82 Å². The van der Waals surface area contributed by atoms with Gasteiger partial charge >= 0.3 is 0 Å². The molecule has 3 aromatic rings. The zero-order valence-corrected chi connectivity index (χ0v) is 14.0. The van der Waals surface area contributed by atoms with Crippen molar-refractivity contribution >= 4 is 10.9 Å². The summed E-state index contributed by atoms with van der Waals surface area (Å²) in [6, 6.07) is 6.86. The lowest BCUT2D eigenvalue weighted by molar-refractivity contribution is 0.280. The molecular weight excluding hydrogens is 317 g/mol. The minimum Gasteiger partial charge on any atom is -0.315 e. The molecule has 1 saturated heterocycles. The van der Waals surface area contributed by atoms with E-state index in [1.165, 1.54) is 6.07 Å². The monoisotopic (exact) mass is 337 g/mol. The molecule has 0 amide bonds. The maximum Gasteiger partial charge on any atom is 0.149 e. The van der Waals surface area contributed by atoms with Crippen molar-refractivity contribution in [3.05, 3.63) is 54.4 Å². The molecule has 0 bridgehead atoms. The number of pyridine rings is 1. The van der Waals surface area contributed by atoms with E-state index in [4.69, 9.17) is 0 Å². The Morgan fingerprint density at radius 3 is 2.88 bits per heavy atom. The average molecular weight is 337 g/mol. The lowest BCUT2D eigenvalue weighted by atomic mass is 10.1. The first-order valence-electron chi connectivity index (χ1n) is 8.58. The number of aromatic nitrogens is 3. The molecule has 1 aliphatic rings. The van der Waals surface area contributed by atoms with E-state index in [1.807, 2.05) is 18.3 Å². The molecule has 25 heavy (non-hydrogen) atoms. The second-order valence-corrected chi connectivity index (χ2v) is 6.31. The first-order chi connectivity index (χ1) is 12.3. The molecule has 0 spiro atoms. The fourth-order valence-corrected chi connectivity index (χ4v) is 3.14. The van der Waals surface area contributed by atoms with Gasteiger partial charge in [-0.2, -0.15) is 0 Å². The van der Waals surface area contributed by atoms with Crippen molar-refractivity contribution in [3.63, 3.8) is 0 Å². The topological polar surface area (TPSA) is 53.9 Å². The van der Waals surface area contributed by atoms with Crippen LogP contribution in [0.15, 0.2) is 42.9 Å². The number of benzene rings is 1. The normalized spacial score (nSPS) is 16.0. The van der Waals surface area contributed by atoms with Crippen LogP contribution in [-0.2, 0) is 6.54 Å². The molecule has 5 nitrogen and oxygen atoms in total. The van der Waals surface area contributed by atoms with Gasteiger partial charge in [-0.25, -0.2) is 4.39 Å². The molecule has 3 heterocycles. The summed E-state index contributed by atoms with van der Waals surface area (Å²) in [5.41, 5.74) is 2.94. The Labute approximate surface area is 145 Å². The lowest BCUT2D eigenvalue weighted by Crippen LogP contribution is -2.28. The molecule has 6 heteroatoms. The highest BCUT2D eigenvalue weighted by atomic mass is 19.1. The van der Waals surface area contributed by atoms with Crippen LogP contribution in [0, 0.1) is 5.82 Å². The van der Waals surface area contributed by atoms with E-state index in [0.717, 1.165) is 61.5 Å². The van der Waals surface area contributed by atoms with E-state index in [1.54, 1.807) is 18.5 Å². The van der Waals surface area contributed by atoms with Gasteiger partial charge in [0, 0.05) is 36.8 Å². The zero-order chi connectivity index (χ0) is 17.1. The first-order valence-corrected chi connectivity index (χ1v) is 8.58. The average Bonchev–Trinajstić information content (AvgIpc) is 2.91. The maximum absolute atomic E-state index is 13.7. The number of para-hydroxylation sites is 1. The molecule has 0 atom stereocenters. The van der Waals surface area contributed by atoms with Crippen LogP contribution in [0.1, 0.15) is 12.1 Å². The molecule has 128 valence electrons. The van der Waals surface area contributed by atoms with Gasteiger partial charge in [0.1, 0.15) is 11.3 Å². The number of hydrogen-bond donors (Lipinski definition) is 1. The Balaban J connectivity index is 1.53. The minimum atomic E-state index is -0.308. The third-order valence-electron chi connectivity index (χ3n) is 4.48. The van der Waals surface area contributed by atoms with Crippen LogP contribution in [0.25, 0.3) is 22.2 Å². The van der Waals surface area contributed by atoms with E-state index in [0.29, 0.717) is 5.52 Å². The number of rotatable bonds is 3. The molecule has 1 aromatic carbocycles. The van der Waals surface area contributed by atoms with Gasteiger partial charge in [0.25, 0.3) is 0 Å². The van der Waals surface area contributed by atoms with Crippen LogP contribution in [0.4, 0.5) is 4.39 Å². The van der Waals surface area contributed by atoms with Gasteiger partial charge in [0.05, 0.1) is 23.8 Å². The molecule has 1 fully saturated rings. The third-order valence-corrected chi connectivity index (χ3v) is 4.48. The van der Waals surface area contributed by atoms with Gasteiger partial charge < -0.3 is 5.32 Å². The summed E-state index contributed by atoms with van der Waals surface area (Å²) in [6.07, 6.45) is 6.40. The van der Waals surface area contributed by atoms with E-state index in [2.05, 4.69) is 25.2 Å². The predicted molar refractivity (Wildman–Crippen MR) is 95.5 cm³/mol. The second-order valence-electron chi connectivity index (χ2n) is 6.31. The summed E-state index contributed by atoms with van der Waals surface area (Å²) in [4.78, 5) is 15.7. The van der Waals surface area contributed by atoms with Gasteiger partial charge in [-0.3, -0.25) is 19.9 Å². The summed E-state index contributed by atoms with van der Waals surface area (Å²) >= 11 is 0. The quantitative estimate of drug-likeness (QED) is 0.796. The van der Waals surface area contributed by atoms with Gasteiger partial charge in [0.2, 0.25) is 0 Å². The van der Waals surface area contributed by atoms with Crippen molar-refractivity contribution in [1.29, 1.82) is 0 Å². The molecule has 0 radical (unpaired) electrons. The Kier molecular flexibility index (Phi) is 4.63. The molecule has 1 aliphatic heterocycles. The fourth-order valence-electron chi connectivity index (χ4n) is 3.14. The standard InChI is InChI=1S/C19H20FN5/c20-17-4-1-3-14-9-15(10-24-19(14)17)18-12-22-16(11-23-18)13-25-7-2-5-21-6-8-25/h1,3-4,9-12,21H,2,5-8,13H2. The van der Waals surface area contributed by atoms with Gasteiger partial charge in [0.15, 0.2) is 0 Å². The van der Waals surface area contributed by atoms with E-state index >= 15 is 0 Å². The van der Waals surface area contributed by atoms with E-state index < -0.39 is 0 Å². The molecule has 0 aliphatic carbocycles. The number of hydrogen-bond acceptors (Lipinski definition) is 5. The highest BCUT2D eigenvalue weighted by molar-refractivity contribution is 5.83. The predicted octanol–water partition coefficient (Wildman–Crippen LogP) is 2.63. The van der Waals surface area contributed by atoms with Gasteiger partial charge in [-0.05, 0) is 31.6 Å². The van der Waals surface area contributed by atoms with Crippen molar-refractivity contribution in [2.75, 3.05) is 26.2 Å². The second kappa shape index (κ2) is 7.21. The summed E-state index contributed by atoms with van der Waals surface area (Å²) < 4.78 is 13.7. The van der Waals surface area contributed by atoms with Crippen LogP contribution in [0.2, 0.25) is 0 Å². The van der Waals surface area contributed by atoms with Crippen molar-refractivity contribution in [3.8, 4) is 11.3 Å². The lowest BCUT2D eigenvalue weighted by Gasteiger charge is -2.18. The third kappa shape index (κ3) is 3.65. The molecule has 0 saturated carbocycles. The number of fused-ring (bicyclic) bond motifs is 1. The Bertz CT molecular complexity index is 857. The summed E-state index contributed by atoms with van der Waals surface area (Å²) in [5, 5.41) is 4.17. The number of nitrogens with one attached hydrogen (secondary N) is 1. The minimum absolute atomic E-state index is 0.308. The fraction of sp³-hybridized carbons (Fsp3) is 0.316. The largest absolute Gasteiger partial charge is 0.315 e.